The molecule has 1 unspecified atom stereocenters. The van der Waals surface area contributed by atoms with Crippen LogP contribution in [0.1, 0.15) is 25.1 Å². The quantitative estimate of drug-likeness (QED) is 0.878. The van der Waals surface area contributed by atoms with Gasteiger partial charge in [-0.1, -0.05) is 0 Å². The van der Waals surface area contributed by atoms with E-state index in [0.29, 0.717) is 5.69 Å². The fourth-order valence-electron chi connectivity index (χ4n) is 1.64. The Balaban J connectivity index is 2.37. The zero-order chi connectivity index (χ0) is 12.5. The van der Waals surface area contributed by atoms with Crippen molar-refractivity contribution in [2.75, 3.05) is 0 Å². The molecule has 2 aromatic heterocycles. The van der Waals surface area contributed by atoms with Gasteiger partial charge in [-0.2, -0.15) is 5.10 Å². The lowest BCUT2D eigenvalue weighted by Crippen LogP contribution is -2.35. The summed E-state index contributed by atoms with van der Waals surface area (Å²) in [6.45, 7) is 4.62. The third kappa shape index (κ3) is 2.19. The predicted molar refractivity (Wildman–Crippen MR) is 62.7 cm³/mol. The fourth-order valence-corrected chi connectivity index (χ4v) is 1.64. The molecule has 90 valence electrons. The maximum absolute atomic E-state index is 12.8. The van der Waals surface area contributed by atoms with Crippen molar-refractivity contribution in [3.8, 4) is 0 Å². The van der Waals surface area contributed by atoms with E-state index in [1.165, 1.54) is 12.3 Å². The zero-order valence-electron chi connectivity index (χ0n) is 9.89. The summed E-state index contributed by atoms with van der Waals surface area (Å²) in [6.07, 6.45) is 4.77. The van der Waals surface area contributed by atoms with E-state index in [0.717, 1.165) is 12.1 Å². The first-order valence-electron chi connectivity index (χ1n) is 5.48. The van der Waals surface area contributed by atoms with Gasteiger partial charge in [0, 0.05) is 18.3 Å². The number of rotatable bonds is 3. The van der Waals surface area contributed by atoms with Crippen LogP contribution in [0, 0.1) is 5.82 Å². The summed E-state index contributed by atoms with van der Waals surface area (Å²) in [5, 5.41) is 4.18. The second-order valence-electron chi connectivity index (χ2n) is 4.15. The second-order valence-corrected chi connectivity index (χ2v) is 4.15. The standard InChI is InChI=1S/C12H15FN4/c1-3-17-8-9(6-16-17)12(2,14)11-5-4-10(13)7-15-11/h4-8H,3,14H2,1-2H3. The Bertz CT molecular complexity index is 501. The van der Waals surface area contributed by atoms with E-state index in [1.54, 1.807) is 16.9 Å². The number of pyridine rings is 1. The first kappa shape index (κ1) is 11.7. The van der Waals surface area contributed by atoms with Gasteiger partial charge in [0.1, 0.15) is 5.82 Å². The largest absolute Gasteiger partial charge is 0.317 e. The van der Waals surface area contributed by atoms with Gasteiger partial charge >= 0.3 is 0 Å². The highest BCUT2D eigenvalue weighted by atomic mass is 19.1. The third-order valence-electron chi connectivity index (χ3n) is 2.82. The summed E-state index contributed by atoms with van der Waals surface area (Å²) in [6, 6.07) is 2.95. The Morgan fingerprint density at radius 2 is 2.18 bits per heavy atom. The molecule has 2 heterocycles. The number of hydrogen-bond acceptors (Lipinski definition) is 3. The number of hydrogen-bond donors (Lipinski definition) is 1. The average Bonchev–Trinajstić information content (AvgIpc) is 2.78. The van der Waals surface area contributed by atoms with Gasteiger partial charge in [0.2, 0.25) is 0 Å². The lowest BCUT2D eigenvalue weighted by atomic mass is 9.92. The van der Waals surface area contributed by atoms with E-state index in [-0.39, 0.29) is 5.82 Å². The van der Waals surface area contributed by atoms with E-state index in [1.807, 2.05) is 20.0 Å². The molecule has 0 amide bonds. The molecule has 0 bridgehead atoms. The summed E-state index contributed by atoms with van der Waals surface area (Å²) < 4.78 is 14.6. The summed E-state index contributed by atoms with van der Waals surface area (Å²) in [5.74, 6) is -0.367. The van der Waals surface area contributed by atoms with Gasteiger partial charge in [0.05, 0.1) is 23.6 Å². The van der Waals surface area contributed by atoms with Crippen LogP contribution in [0.15, 0.2) is 30.7 Å². The predicted octanol–water partition coefficient (Wildman–Crippen LogP) is 1.66. The molecule has 0 aromatic carbocycles. The van der Waals surface area contributed by atoms with E-state index < -0.39 is 5.54 Å². The Labute approximate surface area is 99.3 Å². The van der Waals surface area contributed by atoms with Crippen molar-refractivity contribution < 1.29 is 4.39 Å². The minimum absolute atomic E-state index is 0.367. The molecule has 0 fully saturated rings. The van der Waals surface area contributed by atoms with Crippen LogP contribution in [0.25, 0.3) is 0 Å². The number of halogens is 1. The molecule has 17 heavy (non-hydrogen) atoms. The van der Waals surface area contributed by atoms with Gasteiger partial charge in [-0.3, -0.25) is 9.67 Å². The van der Waals surface area contributed by atoms with Crippen molar-refractivity contribution in [3.63, 3.8) is 0 Å². The first-order chi connectivity index (χ1) is 8.04. The van der Waals surface area contributed by atoms with Crippen molar-refractivity contribution in [1.82, 2.24) is 14.8 Å². The Morgan fingerprint density at radius 3 is 2.71 bits per heavy atom. The van der Waals surface area contributed by atoms with Crippen LogP contribution in [0.2, 0.25) is 0 Å². The van der Waals surface area contributed by atoms with Gasteiger partial charge in [-0.15, -0.1) is 0 Å². The van der Waals surface area contributed by atoms with Gasteiger partial charge < -0.3 is 5.73 Å². The normalized spacial score (nSPS) is 14.6. The summed E-state index contributed by atoms with van der Waals surface area (Å²) in [5.41, 5.74) is 6.96. The highest BCUT2D eigenvalue weighted by Crippen LogP contribution is 2.24. The highest BCUT2D eigenvalue weighted by Gasteiger charge is 2.26. The molecule has 0 saturated heterocycles. The number of nitrogens with zero attached hydrogens (tertiary/aromatic N) is 3. The van der Waals surface area contributed by atoms with Gasteiger partial charge in [-0.25, -0.2) is 4.39 Å². The highest BCUT2D eigenvalue weighted by molar-refractivity contribution is 5.29. The SMILES string of the molecule is CCn1cc(C(C)(N)c2ccc(F)cn2)cn1. The minimum atomic E-state index is -0.763. The number of nitrogens with two attached hydrogens (primary N) is 1. The summed E-state index contributed by atoms with van der Waals surface area (Å²) in [4.78, 5) is 4.02. The lowest BCUT2D eigenvalue weighted by Gasteiger charge is -2.22. The van der Waals surface area contributed by atoms with Crippen LogP contribution < -0.4 is 5.73 Å². The van der Waals surface area contributed by atoms with Gasteiger partial charge in [0.25, 0.3) is 0 Å². The molecule has 2 rings (SSSR count). The third-order valence-corrected chi connectivity index (χ3v) is 2.82. The second kappa shape index (κ2) is 4.25. The molecule has 4 nitrogen and oxygen atoms in total. The van der Waals surface area contributed by atoms with Crippen molar-refractivity contribution >= 4 is 0 Å². The maximum atomic E-state index is 12.8. The molecular weight excluding hydrogens is 219 g/mol. The Morgan fingerprint density at radius 1 is 1.41 bits per heavy atom. The molecule has 5 heteroatoms. The fraction of sp³-hybridized carbons (Fsp3) is 0.333. The van der Waals surface area contributed by atoms with Crippen LogP contribution in [0.3, 0.4) is 0 Å². The molecule has 0 aliphatic rings. The molecule has 1 atom stereocenters. The lowest BCUT2D eigenvalue weighted by molar-refractivity contribution is 0.566. The van der Waals surface area contributed by atoms with Crippen molar-refractivity contribution in [2.24, 2.45) is 5.73 Å². The van der Waals surface area contributed by atoms with Crippen LogP contribution in [-0.2, 0) is 12.1 Å². The van der Waals surface area contributed by atoms with E-state index >= 15 is 0 Å². The molecule has 2 N–H and O–H groups in total. The smallest absolute Gasteiger partial charge is 0.141 e. The Hall–Kier alpha value is -1.75. The molecule has 0 aliphatic carbocycles. The average molecular weight is 234 g/mol. The number of aryl methyl sites for hydroxylation is 1. The monoisotopic (exact) mass is 234 g/mol. The minimum Gasteiger partial charge on any atom is -0.317 e. The number of aromatic nitrogens is 3. The van der Waals surface area contributed by atoms with Crippen molar-refractivity contribution in [3.05, 3.63) is 47.8 Å². The van der Waals surface area contributed by atoms with Crippen molar-refractivity contribution in [1.29, 1.82) is 0 Å². The van der Waals surface area contributed by atoms with Gasteiger partial charge in [0.15, 0.2) is 0 Å². The summed E-state index contributed by atoms with van der Waals surface area (Å²) >= 11 is 0. The Kier molecular flexibility index (Phi) is 2.93. The van der Waals surface area contributed by atoms with Crippen LogP contribution >= 0.6 is 0 Å². The maximum Gasteiger partial charge on any atom is 0.141 e. The van der Waals surface area contributed by atoms with Crippen LogP contribution in [0.4, 0.5) is 4.39 Å². The molecule has 2 aromatic rings. The van der Waals surface area contributed by atoms with Crippen LogP contribution in [-0.4, -0.2) is 14.8 Å². The van der Waals surface area contributed by atoms with E-state index in [4.69, 9.17) is 5.73 Å². The summed E-state index contributed by atoms with van der Waals surface area (Å²) in [7, 11) is 0. The van der Waals surface area contributed by atoms with E-state index in [9.17, 15) is 4.39 Å². The van der Waals surface area contributed by atoms with Gasteiger partial charge in [-0.05, 0) is 26.0 Å². The molecule has 0 spiro atoms. The van der Waals surface area contributed by atoms with E-state index in [2.05, 4.69) is 10.1 Å². The molecular formula is C12H15FN4. The topological polar surface area (TPSA) is 56.7 Å². The zero-order valence-corrected chi connectivity index (χ0v) is 9.89. The molecule has 0 aliphatic heterocycles. The van der Waals surface area contributed by atoms with Crippen LogP contribution in [0.5, 0.6) is 0 Å². The van der Waals surface area contributed by atoms with Crippen molar-refractivity contribution in [2.45, 2.75) is 25.9 Å². The molecule has 0 saturated carbocycles. The first-order valence-corrected chi connectivity index (χ1v) is 5.48. The molecule has 0 radical (unpaired) electrons.